The van der Waals surface area contributed by atoms with Crippen molar-refractivity contribution >= 4 is 51.6 Å². The van der Waals surface area contributed by atoms with Crippen molar-refractivity contribution in [2.45, 2.75) is 25.6 Å². The van der Waals surface area contributed by atoms with Gasteiger partial charge in [0.25, 0.3) is 0 Å². The highest BCUT2D eigenvalue weighted by atomic mass is 35.5. The number of hydrogen-bond acceptors (Lipinski definition) is 8. The molecule has 0 aliphatic carbocycles. The van der Waals surface area contributed by atoms with E-state index in [-0.39, 0.29) is 5.91 Å². The molecule has 4 aromatic rings. The summed E-state index contributed by atoms with van der Waals surface area (Å²) < 4.78 is 37.5. The molecule has 43 heavy (non-hydrogen) atoms. The molecule has 10 nitrogen and oxygen atoms in total. The molecule has 2 aromatic heterocycles. The summed E-state index contributed by atoms with van der Waals surface area (Å²) in [6, 6.07) is 16.7. The van der Waals surface area contributed by atoms with E-state index in [1.807, 2.05) is 42.5 Å². The van der Waals surface area contributed by atoms with E-state index in [2.05, 4.69) is 30.9 Å². The normalized spacial score (nSPS) is 13.0. The van der Waals surface area contributed by atoms with Gasteiger partial charge in [-0.05, 0) is 74.5 Å². The fourth-order valence-corrected chi connectivity index (χ4v) is 4.19. The molecule has 0 spiro atoms. The van der Waals surface area contributed by atoms with Crippen LogP contribution in [0.4, 0.5) is 30.4 Å². The second-order valence-corrected chi connectivity index (χ2v) is 9.59. The number of halogens is 4. The molecule has 5 rings (SSSR count). The van der Waals surface area contributed by atoms with E-state index < -0.39 is 12.1 Å². The van der Waals surface area contributed by atoms with Gasteiger partial charge in [0.1, 0.15) is 24.5 Å². The lowest BCUT2D eigenvalue weighted by Gasteiger charge is -2.15. The van der Waals surface area contributed by atoms with Gasteiger partial charge in [0.05, 0.1) is 16.2 Å². The van der Waals surface area contributed by atoms with E-state index in [0.717, 1.165) is 53.8 Å². The van der Waals surface area contributed by atoms with Crippen molar-refractivity contribution in [1.82, 2.24) is 20.3 Å². The predicted octanol–water partition coefficient (Wildman–Crippen LogP) is 5.88. The van der Waals surface area contributed by atoms with E-state index in [0.29, 0.717) is 28.9 Å². The molecule has 0 saturated carbocycles. The number of hydrogen-bond donors (Lipinski definition) is 4. The van der Waals surface area contributed by atoms with Crippen molar-refractivity contribution in [1.29, 1.82) is 0 Å². The van der Waals surface area contributed by atoms with Crippen molar-refractivity contribution in [3.8, 4) is 5.75 Å². The molecule has 0 bridgehead atoms. The van der Waals surface area contributed by atoms with Crippen LogP contribution in [0.5, 0.6) is 5.75 Å². The van der Waals surface area contributed by atoms with Crippen molar-refractivity contribution in [2.24, 2.45) is 0 Å². The molecule has 3 heterocycles. The number of aromatic nitrogens is 3. The zero-order chi connectivity index (χ0) is 30.8. The fraction of sp³-hybridized carbons (Fsp3) is 0.207. The molecule has 1 fully saturated rings. The van der Waals surface area contributed by atoms with Crippen LogP contribution < -0.4 is 20.7 Å². The van der Waals surface area contributed by atoms with Crippen LogP contribution in [0.2, 0.25) is 5.02 Å². The van der Waals surface area contributed by atoms with Crippen molar-refractivity contribution in [3.63, 3.8) is 0 Å². The fourth-order valence-electron chi connectivity index (χ4n) is 3.96. The second kappa shape index (κ2) is 14.4. The quantitative estimate of drug-likeness (QED) is 0.188. The Kier molecular flexibility index (Phi) is 10.5. The number of aliphatic carboxylic acids is 1. The molecule has 1 saturated heterocycles. The maximum atomic E-state index is 12.5. The molecular formula is C29H26ClF3N6O4. The third kappa shape index (κ3) is 9.38. The number of alkyl halides is 3. The van der Waals surface area contributed by atoms with Gasteiger partial charge in [-0.25, -0.2) is 14.8 Å². The van der Waals surface area contributed by atoms with Gasteiger partial charge >= 0.3 is 12.1 Å². The Hall–Kier alpha value is -4.75. The standard InChI is InChI=1S/C27H25ClN6O2.C2HF3O2/c28-23-15-20(5-7-25(23)36-16-21-3-1-2-10-30-21)34-27-22-14-19(4-6-24(22)31-17-32-27)33-26(35)13-18-8-11-29-12-9-18;3-2(4,5)1(6)7/h1-7,10,13-15,17,29H,8-9,11-12,16H2,(H,33,35)(H,31,32,34);(H,6,7). The lowest BCUT2D eigenvalue weighted by molar-refractivity contribution is -0.192. The molecule has 0 unspecified atom stereocenters. The maximum absolute atomic E-state index is 12.5. The van der Waals surface area contributed by atoms with E-state index in [4.69, 9.17) is 26.2 Å². The summed E-state index contributed by atoms with van der Waals surface area (Å²) in [6.45, 7) is 2.14. The van der Waals surface area contributed by atoms with Gasteiger partial charge < -0.3 is 25.8 Å². The average molecular weight is 615 g/mol. The number of carbonyl (C=O) groups excluding carboxylic acids is 1. The second-order valence-electron chi connectivity index (χ2n) is 9.18. The Bertz CT molecular complexity index is 1610. The number of ether oxygens (including phenoxy) is 1. The molecule has 1 aliphatic heterocycles. The summed E-state index contributed by atoms with van der Waals surface area (Å²) in [5.41, 5.74) is 4.14. The van der Waals surface area contributed by atoms with E-state index in [1.165, 1.54) is 6.33 Å². The Labute approximate surface area is 249 Å². The van der Waals surface area contributed by atoms with E-state index in [9.17, 15) is 18.0 Å². The number of benzene rings is 2. The largest absolute Gasteiger partial charge is 0.490 e. The number of nitrogens with one attached hydrogen (secondary N) is 3. The number of nitrogens with zero attached hydrogens (tertiary/aromatic N) is 3. The smallest absolute Gasteiger partial charge is 0.486 e. The monoisotopic (exact) mass is 614 g/mol. The number of anilines is 3. The Morgan fingerprint density at radius 1 is 1.02 bits per heavy atom. The zero-order valence-corrected chi connectivity index (χ0v) is 23.2. The Morgan fingerprint density at radius 2 is 1.77 bits per heavy atom. The van der Waals surface area contributed by atoms with Gasteiger partial charge in [0, 0.05) is 29.0 Å². The highest BCUT2D eigenvalue weighted by Gasteiger charge is 2.38. The van der Waals surface area contributed by atoms with Gasteiger partial charge in [0.2, 0.25) is 5.91 Å². The lowest BCUT2D eigenvalue weighted by atomic mass is 10.1. The van der Waals surface area contributed by atoms with Gasteiger partial charge in [-0.2, -0.15) is 13.2 Å². The average Bonchev–Trinajstić information content (AvgIpc) is 2.98. The number of amides is 1. The Balaban J connectivity index is 0.000000541. The first-order valence-corrected chi connectivity index (χ1v) is 13.3. The number of pyridine rings is 1. The van der Waals surface area contributed by atoms with Crippen LogP contribution in [0.3, 0.4) is 0 Å². The van der Waals surface area contributed by atoms with Crippen LogP contribution in [0.25, 0.3) is 10.9 Å². The van der Waals surface area contributed by atoms with E-state index >= 15 is 0 Å². The number of carboxylic acid groups (broad SMARTS) is 1. The molecule has 14 heteroatoms. The minimum Gasteiger partial charge on any atom is -0.486 e. The molecule has 1 aliphatic rings. The third-order valence-corrected chi connectivity index (χ3v) is 6.32. The first-order chi connectivity index (χ1) is 20.6. The number of carboxylic acids is 1. The molecule has 1 amide bonds. The Morgan fingerprint density at radius 3 is 2.44 bits per heavy atom. The zero-order valence-electron chi connectivity index (χ0n) is 22.5. The van der Waals surface area contributed by atoms with Crippen molar-refractivity contribution in [3.05, 3.63) is 89.5 Å². The number of piperidine rings is 1. The number of rotatable bonds is 7. The number of carbonyl (C=O) groups is 2. The summed E-state index contributed by atoms with van der Waals surface area (Å²) in [5, 5.41) is 17.9. The van der Waals surface area contributed by atoms with Crippen molar-refractivity contribution < 1.29 is 32.6 Å². The number of fused-ring (bicyclic) bond motifs is 1. The summed E-state index contributed by atoms with van der Waals surface area (Å²) in [6.07, 6.45) is 1.62. The van der Waals surface area contributed by atoms with E-state index in [1.54, 1.807) is 24.4 Å². The minimum atomic E-state index is -5.08. The van der Waals surface area contributed by atoms with Gasteiger partial charge in [-0.3, -0.25) is 9.78 Å². The molecular weight excluding hydrogens is 589 g/mol. The van der Waals surface area contributed by atoms with Crippen LogP contribution in [0.15, 0.2) is 78.8 Å². The summed E-state index contributed by atoms with van der Waals surface area (Å²) in [5.74, 6) is -1.72. The third-order valence-electron chi connectivity index (χ3n) is 6.02. The van der Waals surface area contributed by atoms with Gasteiger partial charge in [-0.15, -0.1) is 0 Å². The topological polar surface area (TPSA) is 138 Å². The van der Waals surface area contributed by atoms with Crippen LogP contribution in [0, 0.1) is 0 Å². The van der Waals surface area contributed by atoms with Crippen molar-refractivity contribution in [2.75, 3.05) is 23.7 Å². The summed E-state index contributed by atoms with van der Waals surface area (Å²) in [7, 11) is 0. The first kappa shape index (κ1) is 31.2. The van der Waals surface area contributed by atoms with Gasteiger partial charge in [-0.1, -0.05) is 23.2 Å². The summed E-state index contributed by atoms with van der Waals surface area (Å²) in [4.78, 5) is 34.4. The predicted molar refractivity (Wildman–Crippen MR) is 155 cm³/mol. The summed E-state index contributed by atoms with van der Waals surface area (Å²) >= 11 is 6.47. The molecule has 224 valence electrons. The van der Waals surface area contributed by atoms with Crippen LogP contribution in [-0.4, -0.2) is 51.2 Å². The first-order valence-electron chi connectivity index (χ1n) is 12.9. The van der Waals surface area contributed by atoms with Gasteiger partial charge in [0.15, 0.2) is 0 Å². The highest BCUT2D eigenvalue weighted by molar-refractivity contribution is 6.32. The SMILES string of the molecule is O=C(C=C1CCNCC1)Nc1ccc2ncnc(Nc3ccc(OCc4ccccn4)c(Cl)c3)c2c1.O=C(O)C(F)(F)F. The lowest BCUT2D eigenvalue weighted by Crippen LogP contribution is -2.24. The molecule has 0 radical (unpaired) electrons. The maximum Gasteiger partial charge on any atom is 0.490 e. The minimum absolute atomic E-state index is 0.134. The highest BCUT2D eigenvalue weighted by Crippen LogP contribution is 2.31. The van der Waals surface area contributed by atoms with Crippen LogP contribution in [-0.2, 0) is 16.2 Å². The van der Waals surface area contributed by atoms with Crippen LogP contribution in [0.1, 0.15) is 18.5 Å². The molecule has 2 aromatic carbocycles. The molecule has 4 N–H and O–H groups in total. The van der Waals surface area contributed by atoms with Crippen LogP contribution >= 0.6 is 11.6 Å². The molecule has 0 atom stereocenters.